The molecule has 0 spiro atoms. The molecule has 25 heavy (non-hydrogen) atoms. The largest absolute Gasteiger partial charge is 0.482 e. The molecule has 0 bridgehead atoms. The summed E-state index contributed by atoms with van der Waals surface area (Å²) in [5.41, 5.74) is -0.0915. The van der Waals surface area contributed by atoms with Crippen LogP contribution in [0.5, 0.6) is 5.75 Å². The maximum absolute atomic E-state index is 12.0. The fourth-order valence-corrected chi connectivity index (χ4v) is 2.33. The first-order valence-corrected chi connectivity index (χ1v) is 7.73. The van der Waals surface area contributed by atoms with Gasteiger partial charge in [-0.25, -0.2) is 4.79 Å². The van der Waals surface area contributed by atoms with E-state index >= 15 is 0 Å². The van der Waals surface area contributed by atoms with Gasteiger partial charge in [0.2, 0.25) is 0 Å². The summed E-state index contributed by atoms with van der Waals surface area (Å²) in [5.74, 6) is -1.43. The van der Waals surface area contributed by atoms with Crippen molar-refractivity contribution in [1.29, 1.82) is 0 Å². The van der Waals surface area contributed by atoms with Crippen LogP contribution in [0.25, 0.3) is 0 Å². The maximum Gasteiger partial charge on any atom is 0.328 e. The molecule has 2 rings (SSSR count). The van der Waals surface area contributed by atoms with Crippen LogP contribution in [0.15, 0.2) is 28.8 Å². The van der Waals surface area contributed by atoms with Crippen molar-refractivity contribution in [3.63, 3.8) is 0 Å². The van der Waals surface area contributed by atoms with Gasteiger partial charge < -0.3 is 24.4 Å². The molecule has 2 aromatic rings. The number of benzene rings is 1. The number of hydrogen-bond acceptors (Lipinski definition) is 6. The zero-order valence-electron chi connectivity index (χ0n) is 13.0. The highest BCUT2D eigenvalue weighted by molar-refractivity contribution is 6.37. The first-order valence-electron chi connectivity index (χ1n) is 6.97. The van der Waals surface area contributed by atoms with Crippen LogP contribution in [0.2, 0.25) is 10.0 Å². The summed E-state index contributed by atoms with van der Waals surface area (Å²) < 4.78 is 15.2. The van der Waals surface area contributed by atoms with E-state index in [-0.39, 0.29) is 30.4 Å². The molecule has 0 saturated heterocycles. The summed E-state index contributed by atoms with van der Waals surface area (Å²) in [5, 5.41) is 15.5. The van der Waals surface area contributed by atoms with E-state index in [1.54, 1.807) is 18.2 Å². The molecule has 10 heteroatoms. The molecular formula is C15H14Cl2N2O6. The van der Waals surface area contributed by atoms with E-state index in [4.69, 9.17) is 42.3 Å². The number of hydrogen-bond donors (Lipinski definition) is 2. The van der Waals surface area contributed by atoms with Crippen LogP contribution in [0.3, 0.4) is 0 Å². The number of ether oxygens (including phenoxy) is 2. The van der Waals surface area contributed by atoms with Crippen molar-refractivity contribution >= 4 is 35.1 Å². The molecular weight excluding hydrogens is 375 g/mol. The van der Waals surface area contributed by atoms with Gasteiger partial charge >= 0.3 is 5.97 Å². The Morgan fingerprint density at radius 3 is 2.64 bits per heavy atom. The zero-order chi connectivity index (χ0) is 18.4. The molecule has 0 aliphatic rings. The van der Waals surface area contributed by atoms with E-state index in [2.05, 4.69) is 10.5 Å². The van der Waals surface area contributed by atoms with Crippen LogP contribution in [-0.4, -0.2) is 41.9 Å². The van der Waals surface area contributed by atoms with Gasteiger partial charge in [-0.2, -0.15) is 0 Å². The third-order valence-corrected chi connectivity index (χ3v) is 3.60. The van der Waals surface area contributed by atoms with Gasteiger partial charge in [-0.05, 0) is 12.1 Å². The SMILES string of the molecule is COCC(NC(=O)c1cc(COc2c(Cl)cccc2Cl)on1)C(=O)O. The molecule has 2 N–H and O–H groups in total. The lowest BCUT2D eigenvalue weighted by Gasteiger charge is -2.11. The first-order chi connectivity index (χ1) is 11.9. The Balaban J connectivity index is 1.99. The van der Waals surface area contributed by atoms with Gasteiger partial charge in [0.1, 0.15) is 6.61 Å². The number of rotatable bonds is 8. The Kier molecular flexibility index (Phi) is 6.63. The van der Waals surface area contributed by atoms with Crippen molar-refractivity contribution in [2.45, 2.75) is 12.6 Å². The fourth-order valence-electron chi connectivity index (χ4n) is 1.83. The minimum atomic E-state index is -1.23. The topological polar surface area (TPSA) is 111 Å². The average Bonchev–Trinajstić information content (AvgIpc) is 3.03. The average molecular weight is 389 g/mol. The molecule has 1 unspecified atom stereocenters. The van der Waals surface area contributed by atoms with Gasteiger partial charge in [-0.1, -0.05) is 34.4 Å². The summed E-state index contributed by atoms with van der Waals surface area (Å²) in [7, 11) is 1.33. The van der Waals surface area contributed by atoms with Crippen molar-refractivity contribution in [3.8, 4) is 5.75 Å². The number of aliphatic carboxylic acids is 1. The number of amides is 1. The second-order valence-corrected chi connectivity index (χ2v) is 5.65. The van der Waals surface area contributed by atoms with Gasteiger partial charge in [0, 0.05) is 13.2 Å². The van der Waals surface area contributed by atoms with E-state index in [0.717, 1.165) is 0 Å². The highest BCUT2D eigenvalue weighted by atomic mass is 35.5. The fraction of sp³-hybridized carbons (Fsp3) is 0.267. The number of carbonyl (C=O) groups is 2. The number of nitrogens with one attached hydrogen (secondary N) is 1. The van der Waals surface area contributed by atoms with Gasteiger partial charge in [0.05, 0.1) is 16.7 Å². The predicted octanol–water partition coefficient (Wildman–Crippen LogP) is 2.39. The third kappa shape index (κ3) is 5.09. The lowest BCUT2D eigenvalue weighted by Crippen LogP contribution is -2.43. The zero-order valence-corrected chi connectivity index (χ0v) is 14.5. The minimum absolute atomic E-state index is 0.0653. The number of methoxy groups -OCH3 is 1. The van der Waals surface area contributed by atoms with Crippen LogP contribution >= 0.6 is 23.2 Å². The van der Waals surface area contributed by atoms with Gasteiger partial charge in [-0.15, -0.1) is 0 Å². The van der Waals surface area contributed by atoms with Crippen LogP contribution in [0.4, 0.5) is 0 Å². The molecule has 1 aromatic heterocycles. The molecule has 1 amide bonds. The minimum Gasteiger partial charge on any atom is -0.482 e. The molecule has 1 heterocycles. The van der Waals surface area contributed by atoms with E-state index in [1.807, 2.05) is 0 Å². The number of carbonyl (C=O) groups excluding carboxylic acids is 1. The molecule has 134 valence electrons. The van der Waals surface area contributed by atoms with Crippen LogP contribution in [0.1, 0.15) is 16.2 Å². The quantitative estimate of drug-likeness (QED) is 0.713. The lowest BCUT2D eigenvalue weighted by molar-refractivity contribution is -0.140. The lowest BCUT2D eigenvalue weighted by atomic mass is 10.3. The molecule has 1 aromatic carbocycles. The van der Waals surface area contributed by atoms with Crippen molar-refractivity contribution in [3.05, 3.63) is 45.8 Å². The van der Waals surface area contributed by atoms with Crippen LogP contribution in [0, 0.1) is 0 Å². The summed E-state index contributed by atoms with van der Waals surface area (Å²) in [6, 6.07) is 5.03. The second-order valence-electron chi connectivity index (χ2n) is 4.84. The Morgan fingerprint density at radius 2 is 2.04 bits per heavy atom. The normalized spacial score (nSPS) is 11.8. The van der Waals surface area contributed by atoms with Crippen molar-refractivity contribution < 1.29 is 28.7 Å². The number of carboxylic acids is 1. The molecule has 1 atom stereocenters. The van der Waals surface area contributed by atoms with E-state index in [9.17, 15) is 9.59 Å². The number of aromatic nitrogens is 1. The molecule has 0 fully saturated rings. The standard InChI is InChI=1S/C15H14Cl2N2O6/c1-23-7-12(15(21)22)18-14(20)11-5-8(25-19-11)6-24-13-9(16)3-2-4-10(13)17/h2-5,12H,6-7H2,1H3,(H,18,20)(H,21,22). The first kappa shape index (κ1) is 19.0. The second kappa shape index (κ2) is 8.70. The van der Waals surface area contributed by atoms with Crippen LogP contribution < -0.4 is 10.1 Å². The molecule has 0 aliphatic heterocycles. The van der Waals surface area contributed by atoms with Gasteiger partial charge in [0.25, 0.3) is 5.91 Å². The maximum atomic E-state index is 12.0. The Hall–Kier alpha value is -2.29. The highest BCUT2D eigenvalue weighted by Crippen LogP contribution is 2.32. The summed E-state index contributed by atoms with van der Waals surface area (Å²) >= 11 is 12.0. The van der Waals surface area contributed by atoms with Gasteiger partial charge in [0.15, 0.2) is 23.2 Å². The van der Waals surface area contributed by atoms with Crippen molar-refractivity contribution in [2.75, 3.05) is 13.7 Å². The number of halogens is 2. The molecule has 0 saturated carbocycles. The summed E-state index contributed by atoms with van der Waals surface area (Å²) in [4.78, 5) is 23.0. The number of carboxylic acid groups (broad SMARTS) is 1. The highest BCUT2D eigenvalue weighted by Gasteiger charge is 2.22. The van der Waals surface area contributed by atoms with Crippen LogP contribution in [-0.2, 0) is 16.1 Å². The molecule has 8 nitrogen and oxygen atoms in total. The Bertz CT molecular complexity index is 744. The number of para-hydroxylation sites is 1. The van der Waals surface area contributed by atoms with Crippen molar-refractivity contribution in [1.82, 2.24) is 10.5 Å². The monoisotopic (exact) mass is 388 g/mol. The Labute approximate surface area is 152 Å². The number of nitrogens with zero attached hydrogens (tertiary/aromatic N) is 1. The van der Waals surface area contributed by atoms with Crippen molar-refractivity contribution in [2.24, 2.45) is 0 Å². The predicted molar refractivity (Wildman–Crippen MR) is 88.1 cm³/mol. The smallest absolute Gasteiger partial charge is 0.328 e. The van der Waals surface area contributed by atoms with Gasteiger partial charge in [-0.3, -0.25) is 4.79 Å². The molecule has 0 radical (unpaired) electrons. The third-order valence-electron chi connectivity index (χ3n) is 3.01. The summed E-state index contributed by atoms with van der Waals surface area (Å²) in [6.07, 6.45) is 0. The van der Waals surface area contributed by atoms with E-state index in [1.165, 1.54) is 13.2 Å². The summed E-state index contributed by atoms with van der Waals surface area (Å²) in [6.45, 7) is -0.246. The Morgan fingerprint density at radius 1 is 1.36 bits per heavy atom. The van der Waals surface area contributed by atoms with E-state index < -0.39 is 17.9 Å². The molecule has 0 aliphatic carbocycles. The van der Waals surface area contributed by atoms with E-state index in [0.29, 0.717) is 10.0 Å².